The predicted molar refractivity (Wildman–Crippen MR) is 61.3 cm³/mol. The van der Waals surface area contributed by atoms with Crippen molar-refractivity contribution in [1.29, 1.82) is 0 Å². The lowest BCUT2D eigenvalue weighted by atomic mass is 10.00. The molecule has 1 aromatic rings. The molecule has 1 atom stereocenters. The van der Waals surface area contributed by atoms with E-state index >= 15 is 0 Å². The normalized spacial score (nSPS) is 23.0. The van der Waals surface area contributed by atoms with Gasteiger partial charge in [-0.05, 0) is 32.5 Å². The second kappa shape index (κ2) is 4.64. The third-order valence-corrected chi connectivity index (χ3v) is 3.50. The molecule has 0 radical (unpaired) electrons. The van der Waals surface area contributed by atoms with Gasteiger partial charge in [0.15, 0.2) is 5.15 Å². The van der Waals surface area contributed by atoms with E-state index in [4.69, 9.17) is 23.2 Å². The lowest BCUT2D eigenvalue weighted by Crippen LogP contribution is -2.30. The Morgan fingerprint density at radius 3 is 2.80 bits per heavy atom. The molecule has 0 spiro atoms. The van der Waals surface area contributed by atoms with E-state index in [1.807, 2.05) is 6.07 Å². The zero-order valence-electron chi connectivity index (χ0n) is 8.58. The Morgan fingerprint density at radius 1 is 1.33 bits per heavy atom. The molecule has 0 N–H and O–H groups in total. The van der Waals surface area contributed by atoms with Gasteiger partial charge in [-0.3, -0.25) is 4.90 Å². The van der Waals surface area contributed by atoms with E-state index in [2.05, 4.69) is 22.1 Å². The highest BCUT2D eigenvalue weighted by atomic mass is 35.5. The Labute approximate surface area is 99.4 Å². The van der Waals surface area contributed by atoms with Crippen molar-refractivity contribution in [3.63, 3.8) is 0 Å². The van der Waals surface area contributed by atoms with Gasteiger partial charge in [-0.15, -0.1) is 5.10 Å². The van der Waals surface area contributed by atoms with Crippen LogP contribution in [-0.4, -0.2) is 28.7 Å². The number of halogens is 2. The summed E-state index contributed by atoms with van der Waals surface area (Å²) in [4.78, 5) is 2.29. The Bertz CT molecular complexity index is 357. The third kappa shape index (κ3) is 2.41. The minimum Gasteiger partial charge on any atom is -0.298 e. The Kier molecular flexibility index (Phi) is 3.44. The standard InChI is InChI=1S/C10H13Cl2N3/c1-15-5-3-2-4-9(15)8-6-7(11)10(12)14-13-8/h6,9H,2-5H2,1H3. The molecule has 82 valence electrons. The van der Waals surface area contributed by atoms with E-state index in [0.29, 0.717) is 11.1 Å². The van der Waals surface area contributed by atoms with Crippen molar-refractivity contribution in [1.82, 2.24) is 15.1 Å². The van der Waals surface area contributed by atoms with Gasteiger partial charge in [0.1, 0.15) is 0 Å². The average Bonchev–Trinajstić information content (AvgIpc) is 2.23. The SMILES string of the molecule is CN1CCCCC1c1cc(Cl)c(Cl)nn1. The molecule has 15 heavy (non-hydrogen) atoms. The molecule has 0 bridgehead atoms. The van der Waals surface area contributed by atoms with Crippen molar-refractivity contribution in [2.75, 3.05) is 13.6 Å². The number of likely N-dealkylation sites (tertiary alicyclic amines) is 1. The van der Waals surface area contributed by atoms with Gasteiger partial charge in [0.2, 0.25) is 0 Å². The molecule has 1 aliphatic heterocycles. The fourth-order valence-corrected chi connectivity index (χ4v) is 2.22. The Balaban J connectivity index is 2.24. The van der Waals surface area contributed by atoms with Crippen molar-refractivity contribution in [2.45, 2.75) is 25.3 Å². The van der Waals surface area contributed by atoms with Crippen LogP contribution in [0.4, 0.5) is 0 Å². The molecule has 2 rings (SSSR count). The molecular formula is C10H13Cl2N3. The first-order valence-corrected chi connectivity index (χ1v) is 5.83. The highest BCUT2D eigenvalue weighted by molar-refractivity contribution is 6.41. The lowest BCUT2D eigenvalue weighted by Gasteiger charge is -2.31. The lowest BCUT2D eigenvalue weighted by molar-refractivity contribution is 0.182. The molecule has 1 fully saturated rings. The highest BCUT2D eigenvalue weighted by Crippen LogP contribution is 2.30. The van der Waals surface area contributed by atoms with Crippen LogP contribution in [0, 0.1) is 0 Å². The summed E-state index contributed by atoms with van der Waals surface area (Å²) in [5.74, 6) is 0. The number of piperidine rings is 1. The van der Waals surface area contributed by atoms with Crippen molar-refractivity contribution in [3.8, 4) is 0 Å². The van der Waals surface area contributed by atoms with Crippen LogP contribution in [0.25, 0.3) is 0 Å². The smallest absolute Gasteiger partial charge is 0.170 e. The molecule has 1 unspecified atom stereocenters. The molecule has 0 aliphatic carbocycles. The van der Waals surface area contributed by atoms with E-state index in [9.17, 15) is 0 Å². The van der Waals surface area contributed by atoms with Crippen LogP contribution in [0.15, 0.2) is 6.07 Å². The maximum atomic E-state index is 5.93. The fraction of sp³-hybridized carbons (Fsp3) is 0.600. The average molecular weight is 246 g/mol. The number of hydrogen-bond donors (Lipinski definition) is 0. The van der Waals surface area contributed by atoms with Gasteiger partial charge in [-0.2, -0.15) is 5.10 Å². The van der Waals surface area contributed by atoms with Crippen LogP contribution in [-0.2, 0) is 0 Å². The number of hydrogen-bond acceptors (Lipinski definition) is 3. The largest absolute Gasteiger partial charge is 0.298 e. The van der Waals surface area contributed by atoms with Crippen LogP contribution in [0.5, 0.6) is 0 Å². The molecule has 0 aromatic carbocycles. The zero-order valence-corrected chi connectivity index (χ0v) is 10.1. The second-order valence-electron chi connectivity index (χ2n) is 3.90. The summed E-state index contributed by atoms with van der Waals surface area (Å²) >= 11 is 11.7. The molecule has 0 amide bonds. The summed E-state index contributed by atoms with van der Waals surface area (Å²) in [6, 6.07) is 2.16. The summed E-state index contributed by atoms with van der Waals surface area (Å²) in [5.41, 5.74) is 0.923. The minimum absolute atomic E-state index is 0.277. The number of nitrogens with zero attached hydrogens (tertiary/aromatic N) is 3. The first-order valence-electron chi connectivity index (χ1n) is 5.07. The molecular weight excluding hydrogens is 233 g/mol. The topological polar surface area (TPSA) is 29.0 Å². The molecule has 2 heterocycles. The fourth-order valence-electron chi connectivity index (χ4n) is 1.98. The Hall–Kier alpha value is -0.380. The van der Waals surface area contributed by atoms with Gasteiger partial charge < -0.3 is 0 Å². The molecule has 3 nitrogen and oxygen atoms in total. The molecule has 0 saturated carbocycles. The van der Waals surface area contributed by atoms with Gasteiger partial charge in [-0.25, -0.2) is 0 Å². The molecule has 1 saturated heterocycles. The monoisotopic (exact) mass is 245 g/mol. The van der Waals surface area contributed by atoms with Crippen molar-refractivity contribution in [3.05, 3.63) is 21.9 Å². The Morgan fingerprint density at radius 2 is 2.13 bits per heavy atom. The molecule has 1 aromatic heterocycles. The summed E-state index contributed by atoms with van der Waals surface area (Å²) in [7, 11) is 2.11. The first-order chi connectivity index (χ1) is 7.18. The van der Waals surface area contributed by atoms with Crippen LogP contribution in [0.2, 0.25) is 10.2 Å². The summed E-state index contributed by atoms with van der Waals surface area (Å²) in [6.45, 7) is 1.10. The van der Waals surface area contributed by atoms with Crippen molar-refractivity contribution in [2.24, 2.45) is 0 Å². The van der Waals surface area contributed by atoms with Gasteiger partial charge in [-0.1, -0.05) is 29.6 Å². The quantitative estimate of drug-likeness (QED) is 0.762. The van der Waals surface area contributed by atoms with Crippen molar-refractivity contribution < 1.29 is 0 Å². The number of rotatable bonds is 1. The van der Waals surface area contributed by atoms with Crippen molar-refractivity contribution >= 4 is 23.2 Å². The summed E-state index contributed by atoms with van der Waals surface area (Å²) in [6.07, 6.45) is 3.60. The van der Waals surface area contributed by atoms with Crippen LogP contribution >= 0.6 is 23.2 Å². The predicted octanol–water partition coefficient (Wildman–Crippen LogP) is 2.94. The van der Waals surface area contributed by atoms with Gasteiger partial charge in [0.25, 0.3) is 0 Å². The zero-order chi connectivity index (χ0) is 10.8. The summed E-state index contributed by atoms with van der Waals surface area (Å²) < 4.78 is 0. The maximum Gasteiger partial charge on any atom is 0.170 e. The maximum absolute atomic E-state index is 5.93. The van der Waals surface area contributed by atoms with Crippen LogP contribution in [0.3, 0.4) is 0 Å². The molecule has 5 heteroatoms. The van der Waals surface area contributed by atoms with Gasteiger partial charge >= 0.3 is 0 Å². The van der Waals surface area contributed by atoms with E-state index < -0.39 is 0 Å². The minimum atomic E-state index is 0.277. The number of aromatic nitrogens is 2. The summed E-state index contributed by atoms with van der Waals surface area (Å²) in [5, 5.41) is 8.71. The van der Waals surface area contributed by atoms with Crippen LogP contribution < -0.4 is 0 Å². The van der Waals surface area contributed by atoms with E-state index in [-0.39, 0.29) is 5.15 Å². The third-order valence-electron chi connectivity index (χ3n) is 2.84. The molecule has 1 aliphatic rings. The van der Waals surface area contributed by atoms with Gasteiger partial charge in [0, 0.05) is 0 Å². The van der Waals surface area contributed by atoms with E-state index in [1.165, 1.54) is 12.8 Å². The first kappa shape index (κ1) is 11.1. The van der Waals surface area contributed by atoms with Crippen LogP contribution in [0.1, 0.15) is 31.0 Å². The van der Waals surface area contributed by atoms with E-state index in [1.54, 1.807) is 0 Å². The van der Waals surface area contributed by atoms with Gasteiger partial charge in [0.05, 0.1) is 16.8 Å². The van der Waals surface area contributed by atoms with E-state index in [0.717, 1.165) is 18.7 Å². The highest BCUT2D eigenvalue weighted by Gasteiger charge is 2.22. The second-order valence-corrected chi connectivity index (χ2v) is 4.67.